The largest absolute Gasteiger partial charge is 0.478 e. The lowest BCUT2D eigenvalue weighted by Gasteiger charge is -2.13. The molecule has 92 valence electrons. The van der Waals surface area contributed by atoms with Crippen molar-refractivity contribution in [1.29, 1.82) is 0 Å². The van der Waals surface area contributed by atoms with Crippen LogP contribution in [0.4, 0.5) is 0 Å². The van der Waals surface area contributed by atoms with Gasteiger partial charge < -0.3 is 10.4 Å². The summed E-state index contributed by atoms with van der Waals surface area (Å²) in [6.45, 7) is 10.2. The van der Waals surface area contributed by atoms with Gasteiger partial charge in [-0.25, -0.2) is 4.79 Å². The van der Waals surface area contributed by atoms with Crippen LogP contribution in [-0.2, 0) is 6.54 Å². The Morgan fingerprint density at radius 1 is 1.59 bits per heavy atom. The smallest absolute Gasteiger partial charge is 0.337 e. The maximum Gasteiger partial charge on any atom is 0.337 e. The van der Waals surface area contributed by atoms with Crippen molar-refractivity contribution in [3.63, 3.8) is 0 Å². The van der Waals surface area contributed by atoms with Gasteiger partial charge in [-0.2, -0.15) is 0 Å². The Balaban J connectivity index is 2.76. The molecule has 0 spiro atoms. The molecule has 0 aliphatic rings. The molecule has 1 aromatic heterocycles. The van der Waals surface area contributed by atoms with Crippen molar-refractivity contribution in [2.24, 2.45) is 5.92 Å². The Morgan fingerprint density at radius 3 is 2.76 bits per heavy atom. The van der Waals surface area contributed by atoms with Gasteiger partial charge in [-0.1, -0.05) is 20.4 Å². The molecule has 0 saturated carbocycles. The van der Waals surface area contributed by atoms with Gasteiger partial charge in [-0.05, 0) is 24.5 Å². The summed E-state index contributed by atoms with van der Waals surface area (Å²) in [6, 6.07) is 1.64. The standard InChI is InChI=1S/C13H18N2O2/c1-8(2)9(3)14-6-11-5-12(13(16)17)10(4)15-7-11/h5,7-8,14H,3,6H2,1-2,4H3,(H,16,17). The average molecular weight is 234 g/mol. The molecular formula is C13H18N2O2. The minimum atomic E-state index is -0.945. The number of carboxylic acid groups (broad SMARTS) is 1. The summed E-state index contributed by atoms with van der Waals surface area (Å²) < 4.78 is 0. The summed E-state index contributed by atoms with van der Waals surface area (Å²) in [4.78, 5) is 15.0. The maximum absolute atomic E-state index is 10.9. The second-order valence-electron chi connectivity index (χ2n) is 4.32. The van der Waals surface area contributed by atoms with E-state index < -0.39 is 5.97 Å². The summed E-state index contributed by atoms with van der Waals surface area (Å²) in [5, 5.41) is 12.1. The summed E-state index contributed by atoms with van der Waals surface area (Å²) in [7, 11) is 0. The lowest BCUT2D eigenvalue weighted by Crippen LogP contribution is -2.16. The van der Waals surface area contributed by atoms with Crippen molar-refractivity contribution in [3.05, 3.63) is 41.4 Å². The molecule has 0 unspecified atom stereocenters. The second kappa shape index (κ2) is 5.48. The molecule has 4 heteroatoms. The summed E-state index contributed by atoms with van der Waals surface area (Å²) in [5.74, 6) is -0.591. The van der Waals surface area contributed by atoms with Crippen LogP contribution in [-0.4, -0.2) is 16.1 Å². The Hall–Kier alpha value is -1.84. The fourth-order valence-corrected chi connectivity index (χ4v) is 1.31. The number of aromatic nitrogens is 1. The highest BCUT2D eigenvalue weighted by atomic mass is 16.4. The van der Waals surface area contributed by atoms with E-state index >= 15 is 0 Å². The van der Waals surface area contributed by atoms with E-state index in [9.17, 15) is 4.79 Å². The van der Waals surface area contributed by atoms with Gasteiger partial charge in [0.1, 0.15) is 0 Å². The van der Waals surface area contributed by atoms with Gasteiger partial charge in [0.15, 0.2) is 0 Å². The van der Waals surface area contributed by atoms with E-state index in [-0.39, 0.29) is 5.56 Å². The molecule has 0 bridgehead atoms. The van der Waals surface area contributed by atoms with Gasteiger partial charge in [0.25, 0.3) is 0 Å². The first-order valence-corrected chi connectivity index (χ1v) is 5.53. The van der Waals surface area contributed by atoms with Crippen molar-refractivity contribution in [1.82, 2.24) is 10.3 Å². The average Bonchev–Trinajstić information content (AvgIpc) is 2.26. The van der Waals surface area contributed by atoms with Gasteiger partial charge in [0.05, 0.1) is 11.3 Å². The second-order valence-corrected chi connectivity index (χ2v) is 4.32. The summed E-state index contributed by atoms with van der Waals surface area (Å²) in [5.41, 5.74) is 2.56. The number of pyridine rings is 1. The van der Waals surface area contributed by atoms with Crippen molar-refractivity contribution < 1.29 is 9.90 Å². The van der Waals surface area contributed by atoms with Crippen molar-refractivity contribution in [3.8, 4) is 0 Å². The number of carbonyl (C=O) groups is 1. The van der Waals surface area contributed by atoms with E-state index in [2.05, 4.69) is 16.9 Å². The first kappa shape index (κ1) is 13.2. The zero-order valence-corrected chi connectivity index (χ0v) is 10.4. The van der Waals surface area contributed by atoms with E-state index in [4.69, 9.17) is 5.11 Å². The number of rotatable bonds is 5. The Kier molecular flexibility index (Phi) is 4.26. The van der Waals surface area contributed by atoms with Crippen LogP contribution in [0.2, 0.25) is 0 Å². The highest BCUT2D eigenvalue weighted by Crippen LogP contribution is 2.09. The van der Waals surface area contributed by atoms with E-state index in [1.807, 2.05) is 13.8 Å². The maximum atomic E-state index is 10.9. The zero-order valence-electron chi connectivity index (χ0n) is 10.4. The van der Waals surface area contributed by atoms with Gasteiger partial charge in [0, 0.05) is 18.4 Å². The normalized spacial score (nSPS) is 10.4. The molecule has 0 atom stereocenters. The number of hydrogen-bond acceptors (Lipinski definition) is 3. The highest BCUT2D eigenvalue weighted by molar-refractivity contribution is 5.88. The van der Waals surface area contributed by atoms with Crippen LogP contribution in [0, 0.1) is 12.8 Å². The topological polar surface area (TPSA) is 62.2 Å². The third-order valence-corrected chi connectivity index (χ3v) is 2.59. The quantitative estimate of drug-likeness (QED) is 0.821. The molecule has 2 N–H and O–H groups in total. The fourth-order valence-electron chi connectivity index (χ4n) is 1.31. The fraction of sp³-hybridized carbons (Fsp3) is 0.385. The van der Waals surface area contributed by atoms with E-state index in [0.29, 0.717) is 18.2 Å². The van der Waals surface area contributed by atoms with Gasteiger partial charge in [-0.15, -0.1) is 0 Å². The number of aryl methyl sites for hydroxylation is 1. The van der Waals surface area contributed by atoms with Crippen molar-refractivity contribution in [2.75, 3.05) is 0 Å². The van der Waals surface area contributed by atoms with Gasteiger partial charge in [0.2, 0.25) is 0 Å². The molecule has 0 amide bonds. The van der Waals surface area contributed by atoms with Crippen LogP contribution in [0.1, 0.15) is 35.5 Å². The minimum absolute atomic E-state index is 0.249. The number of nitrogens with one attached hydrogen (secondary N) is 1. The predicted octanol–water partition coefficient (Wildman–Crippen LogP) is 2.35. The van der Waals surface area contributed by atoms with E-state index in [1.165, 1.54) is 0 Å². The molecule has 1 aromatic rings. The van der Waals surface area contributed by atoms with Crippen LogP contribution in [0.25, 0.3) is 0 Å². The minimum Gasteiger partial charge on any atom is -0.478 e. The molecule has 1 heterocycles. The van der Waals surface area contributed by atoms with Crippen LogP contribution in [0.3, 0.4) is 0 Å². The summed E-state index contributed by atoms with van der Waals surface area (Å²) >= 11 is 0. The zero-order chi connectivity index (χ0) is 13.0. The van der Waals surface area contributed by atoms with Crippen molar-refractivity contribution in [2.45, 2.75) is 27.3 Å². The van der Waals surface area contributed by atoms with Crippen LogP contribution in [0.15, 0.2) is 24.5 Å². The third-order valence-electron chi connectivity index (χ3n) is 2.59. The molecule has 0 saturated heterocycles. The number of nitrogens with zero attached hydrogens (tertiary/aromatic N) is 1. The molecule has 0 radical (unpaired) electrons. The van der Waals surface area contributed by atoms with E-state index in [0.717, 1.165) is 11.3 Å². The molecule has 17 heavy (non-hydrogen) atoms. The van der Waals surface area contributed by atoms with Gasteiger partial charge >= 0.3 is 5.97 Å². The number of carboxylic acids is 1. The SMILES string of the molecule is C=C(NCc1cnc(C)c(C(=O)O)c1)C(C)C. The molecular weight excluding hydrogens is 216 g/mol. The van der Waals surface area contributed by atoms with Crippen LogP contribution in [0.5, 0.6) is 0 Å². The molecule has 0 aliphatic carbocycles. The first-order chi connectivity index (χ1) is 7.91. The van der Waals surface area contributed by atoms with E-state index in [1.54, 1.807) is 19.2 Å². The number of aromatic carboxylic acids is 1. The summed E-state index contributed by atoms with van der Waals surface area (Å²) in [6.07, 6.45) is 1.68. The molecule has 0 aromatic carbocycles. The highest BCUT2D eigenvalue weighted by Gasteiger charge is 2.09. The predicted molar refractivity (Wildman–Crippen MR) is 66.8 cm³/mol. The lowest BCUT2D eigenvalue weighted by molar-refractivity contribution is 0.0695. The Labute approximate surface area is 101 Å². The molecule has 4 nitrogen and oxygen atoms in total. The van der Waals surface area contributed by atoms with Crippen LogP contribution >= 0.6 is 0 Å². The third kappa shape index (κ3) is 3.59. The number of allylic oxidation sites excluding steroid dienone is 1. The van der Waals surface area contributed by atoms with Gasteiger partial charge in [-0.3, -0.25) is 4.98 Å². The monoisotopic (exact) mass is 234 g/mol. The Bertz CT molecular complexity index is 439. The Morgan fingerprint density at radius 2 is 2.24 bits per heavy atom. The molecule has 1 rings (SSSR count). The first-order valence-electron chi connectivity index (χ1n) is 5.53. The van der Waals surface area contributed by atoms with Crippen LogP contribution < -0.4 is 5.32 Å². The lowest BCUT2D eigenvalue weighted by atomic mass is 10.1. The molecule has 0 aliphatic heterocycles. The van der Waals surface area contributed by atoms with Crippen molar-refractivity contribution >= 4 is 5.97 Å². The molecule has 0 fully saturated rings. The number of hydrogen-bond donors (Lipinski definition) is 2.